The number of aliphatic hydroxyl groups excluding tert-OH is 1. The van der Waals surface area contributed by atoms with Crippen LogP contribution in [0.3, 0.4) is 0 Å². The Morgan fingerprint density at radius 2 is 1.84 bits per heavy atom. The van der Waals surface area contributed by atoms with E-state index >= 15 is 0 Å². The Bertz CT molecular complexity index is 442. The zero-order chi connectivity index (χ0) is 14.0. The van der Waals surface area contributed by atoms with Gasteiger partial charge in [-0.05, 0) is 17.5 Å². The molecule has 0 bridgehead atoms. The van der Waals surface area contributed by atoms with Crippen molar-refractivity contribution >= 4 is 11.6 Å². The van der Waals surface area contributed by atoms with Crippen LogP contribution in [0.15, 0.2) is 30.3 Å². The molecule has 4 N–H and O–H groups in total. The number of para-hydroxylation sites is 1. The van der Waals surface area contributed by atoms with Crippen molar-refractivity contribution in [3.63, 3.8) is 0 Å². The molecule has 3 atom stereocenters. The molecule has 3 unspecified atom stereocenters. The minimum Gasteiger partial charge on any atom is -0.376 e. The maximum absolute atomic E-state index is 12.3. The second kappa shape index (κ2) is 5.28. The number of benzene rings is 1. The van der Waals surface area contributed by atoms with Gasteiger partial charge in [0.05, 0.1) is 5.92 Å². The fourth-order valence-corrected chi connectivity index (χ4v) is 2.33. The Morgan fingerprint density at radius 1 is 1.21 bits per heavy atom. The minimum absolute atomic E-state index is 0.133. The first-order valence-electron chi connectivity index (χ1n) is 6.44. The number of hydrogen-bond donors (Lipinski definition) is 4. The zero-order valence-corrected chi connectivity index (χ0v) is 11.5. The van der Waals surface area contributed by atoms with Gasteiger partial charge in [-0.3, -0.25) is 10.2 Å². The molecule has 1 saturated heterocycles. The lowest BCUT2D eigenvalue weighted by Gasteiger charge is -2.31. The van der Waals surface area contributed by atoms with Crippen molar-refractivity contribution in [1.29, 1.82) is 0 Å². The molecule has 1 aliphatic heterocycles. The Hall–Kier alpha value is -1.43. The molecule has 0 saturated carbocycles. The van der Waals surface area contributed by atoms with Gasteiger partial charge in [-0.1, -0.05) is 39.0 Å². The minimum atomic E-state index is -0.882. The molecular weight excluding hydrogens is 242 g/mol. The smallest absolute Gasteiger partial charge is 0.233 e. The average molecular weight is 263 g/mol. The van der Waals surface area contributed by atoms with Crippen molar-refractivity contribution in [2.24, 2.45) is 11.3 Å². The van der Waals surface area contributed by atoms with Gasteiger partial charge in [0.2, 0.25) is 5.91 Å². The van der Waals surface area contributed by atoms with Crippen molar-refractivity contribution in [2.75, 3.05) is 5.32 Å². The van der Waals surface area contributed by atoms with Crippen LogP contribution in [0.1, 0.15) is 20.8 Å². The van der Waals surface area contributed by atoms with E-state index in [1.54, 1.807) is 0 Å². The molecule has 0 radical (unpaired) electrons. The van der Waals surface area contributed by atoms with Gasteiger partial charge in [0.1, 0.15) is 6.23 Å². The van der Waals surface area contributed by atoms with E-state index in [4.69, 9.17) is 0 Å². The normalized spacial score (nSPS) is 27.3. The summed E-state index contributed by atoms with van der Waals surface area (Å²) in [4.78, 5) is 12.3. The lowest BCUT2D eigenvalue weighted by molar-refractivity contribution is -0.124. The summed E-state index contributed by atoms with van der Waals surface area (Å²) >= 11 is 0. The van der Waals surface area contributed by atoms with Gasteiger partial charge in [0.25, 0.3) is 0 Å². The van der Waals surface area contributed by atoms with Gasteiger partial charge in [0, 0.05) is 11.7 Å². The van der Waals surface area contributed by atoms with Crippen LogP contribution in [0.2, 0.25) is 0 Å². The molecule has 1 heterocycles. The van der Waals surface area contributed by atoms with E-state index in [0.29, 0.717) is 0 Å². The van der Waals surface area contributed by atoms with Crippen molar-refractivity contribution in [3.05, 3.63) is 30.3 Å². The van der Waals surface area contributed by atoms with E-state index in [2.05, 4.69) is 16.2 Å². The Balaban J connectivity index is 2.12. The molecule has 19 heavy (non-hydrogen) atoms. The summed E-state index contributed by atoms with van der Waals surface area (Å²) in [5.41, 5.74) is 6.34. The number of anilines is 1. The predicted molar refractivity (Wildman–Crippen MR) is 74.1 cm³/mol. The van der Waals surface area contributed by atoms with E-state index in [1.165, 1.54) is 0 Å². The summed E-state index contributed by atoms with van der Waals surface area (Å²) in [5, 5.41) is 12.8. The highest BCUT2D eigenvalue weighted by molar-refractivity contribution is 5.93. The van der Waals surface area contributed by atoms with Crippen molar-refractivity contribution in [1.82, 2.24) is 10.9 Å². The number of hydrazine groups is 1. The standard InChI is InChI=1S/C14H21N3O2/c1-14(2,3)11-10(13(19)17-16-11)12(18)15-9-7-5-4-6-8-9/h4-8,10-11,13,16-17,19H,1-3H3,(H,15,18). The van der Waals surface area contributed by atoms with Crippen molar-refractivity contribution in [3.8, 4) is 0 Å². The van der Waals surface area contributed by atoms with E-state index in [0.717, 1.165) is 5.69 Å². The number of carbonyl (C=O) groups is 1. The molecule has 1 fully saturated rings. The fourth-order valence-electron chi connectivity index (χ4n) is 2.33. The molecule has 2 rings (SSSR count). The third-order valence-electron chi connectivity index (χ3n) is 3.36. The SMILES string of the molecule is CC(C)(C)C1NNC(O)C1C(=O)Nc1ccccc1. The third-order valence-corrected chi connectivity index (χ3v) is 3.36. The van der Waals surface area contributed by atoms with Crippen LogP contribution in [0.5, 0.6) is 0 Å². The Labute approximate surface area is 113 Å². The van der Waals surface area contributed by atoms with Crippen molar-refractivity contribution < 1.29 is 9.90 Å². The van der Waals surface area contributed by atoms with Crippen LogP contribution in [-0.2, 0) is 4.79 Å². The van der Waals surface area contributed by atoms with Gasteiger partial charge in [-0.15, -0.1) is 0 Å². The number of aliphatic hydroxyl groups is 1. The van der Waals surface area contributed by atoms with Crippen LogP contribution in [0.4, 0.5) is 5.69 Å². The summed E-state index contributed by atoms with van der Waals surface area (Å²) in [5.74, 6) is -0.712. The third kappa shape index (κ3) is 3.12. The first-order chi connectivity index (χ1) is 8.89. The zero-order valence-electron chi connectivity index (χ0n) is 11.5. The van der Waals surface area contributed by atoms with Crippen LogP contribution in [0, 0.1) is 11.3 Å². The van der Waals surface area contributed by atoms with Gasteiger partial charge >= 0.3 is 0 Å². The molecule has 0 spiro atoms. The van der Waals surface area contributed by atoms with E-state index in [1.807, 2.05) is 51.1 Å². The number of carbonyl (C=O) groups excluding carboxylic acids is 1. The first-order valence-corrected chi connectivity index (χ1v) is 6.44. The van der Waals surface area contributed by atoms with Crippen LogP contribution in [-0.4, -0.2) is 23.3 Å². The van der Waals surface area contributed by atoms with E-state index < -0.39 is 12.1 Å². The first kappa shape index (κ1) is 14.0. The number of nitrogens with one attached hydrogen (secondary N) is 3. The second-order valence-electron chi connectivity index (χ2n) is 5.96. The monoisotopic (exact) mass is 263 g/mol. The maximum atomic E-state index is 12.3. The predicted octanol–water partition coefficient (Wildman–Crippen LogP) is 1.08. The van der Waals surface area contributed by atoms with Crippen molar-refractivity contribution in [2.45, 2.75) is 33.0 Å². The highest BCUT2D eigenvalue weighted by Crippen LogP contribution is 2.30. The Kier molecular flexibility index (Phi) is 3.89. The molecular formula is C14H21N3O2. The summed E-state index contributed by atoms with van der Waals surface area (Å²) < 4.78 is 0. The van der Waals surface area contributed by atoms with Crippen LogP contribution in [0.25, 0.3) is 0 Å². The molecule has 0 aliphatic carbocycles. The summed E-state index contributed by atoms with van der Waals surface area (Å²) in [6.45, 7) is 6.10. The highest BCUT2D eigenvalue weighted by atomic mass is 16.3. The van der Waals surface area contributed by atoms with Crippen LogP contribution < -0.4 is 16.2 Å². The summed E-state index contributed by atoms with van der Waals surface area (Å²) in [7, 11) is 0. The topological polar surface area (TPSA) is 73.4 Å². The van der Waals surface area contributed by atoms with Crippen LogP contribution >= 0.6 is 0 Å². The molecule has 5 heteroatoms. The Morgan fingerprint density at radius 3 is 2.42 bits per heavy atom. The molecule has 0 aromatic heterocycles. The second-order valence-corrected chi connectivity index (χ2v) is 5.96. The van der Waals surface area contributed by atoms with E-state index in [9.17, 15) is 9.90 Å². The number of hydrogen-bond acceptors (Lipinski definition) is 4. The number of rotatable bonds is 2. The molecule has 1 aromatic carbocycles. The maximum Gasteiger partial charge on any atom is 0.233 e. The molecule has 1 aliphatic rings. The molecule has 1 aromatic rings. The molecule has 5 nitrogen and oxygen atoms in total. The molecule has 104 valence electrons. The average Bonchev–Trinajstić information content (AvgIpc) is 2.72. The summed E-state index contributed by atoms with van der Waals surface area (Å²) in [6, 6.07) is 9.13. The quantitative estimate of drug-likeness (QED) is 0.644. The van der Waals surface area contributed by atoms with Gasteiger partial charge in [-0.25, -0.2) is 5.43 Å². The largest absolute Gasteiger partial charge is 0.376 e. The van der Waals surface area contributed by atoms with E-state index in [-0.39, 0.29) is 17.4 Å². The molecule has 1 amide bonds. The lowest BCUT2D eigenvalue weighted by Crippen LogP contribution is -2.45. The fraction of sp³-hybridized carbons (Fsp3) is 0.500. The lowest BCUT2D eigenvalue weighted by atomic mass is 9.79. The summed E-state index contributed by atoms with van der Waals surface area (Å²) in [6.07, 6.45) is -0.882. The van der Waals surface area contributed by atoms with Gasteiger partial charge < -0.3 is 10.4 Å². The number of amides is 1. The highest BCUT2D eigenvalue weighted by Gasteiger charge is 2.45. The van der Waals surface area contributed by atoms with Gasteiger partial charge in [0.15, 0.2) is 0 Å². The van der Waals surface area contributed by atoms with Gasteiger partial charge in [-0.2, -0.15) is 0 Å².